The molecular formula is C20H21F3N2O2. The molecule has 0 aliphatic rings. The Kier molecular flexibility index (Phi) is 6.25. The number of halogens is 3. The van der Waals surface area contributed by atoms with Gasteiger partial charge in [0, 0.05) is 5.56 Å². The second kappa shape index (κ2) is 8.24. The molecule has 0 aromatic heterocycles. The highest BCUT2D eigenvalue weighted by Gasteiger charge is 2.32. The quantitative estimate of drug-likeness (QED) is 0.614. The van der Waals surface area contributed by atoms with E-state index in [1.165, 1.54) is 18.2 Å². The van der Waals surface area contributed by atoms with E-state index >= 15 is 0 Å². The van der Waals surface area contributed by atoms with Gasteiger partial charge in [-0.25, -0.2) is 5.43 Å². The molecule has 1 N–H and O–H groups in total. The zero-order valence-corrected chi connectivity index (χ0v) is 15.3. The molecule has 0 atom stereocenters. The molecule has 0 saturated carbocycles. The van der Waals surface area contributed by atoms with Crippen LogP contribution in [0.5, 0.6) is 5.75 Å². The molecule has 144 valence electrons. The van der Waals surface area contributed by atoms with E-state index in [-0.39, 0.29) is 17.6 Å². The summed E-state index contributed by atoms with van der Waals surface area (Å²) >= 11 is 0. The number of nitrogens with zero attached hydrogens (tertiary/aromatic N) is 1. The van der Waals surface area contributed by atoms with Crippen LogP contribution in [-0.4, -0.2) is 18.7 Å². The lowest BCUT2D eigenvalue weighted by molar-refractivity contribution is -0.137. The van der Waals surface area contributed by atoms with Gasteiger partial charge in [-0.3, -0.25) is 4.79 Å². The van der Waals surface area contributed by atoms with Crippen LogP contribution >= 0.6 is 0 Å². The van der Waals surface area contributed by atoms with Gasteiger partial charge in [0.05, 0.1) is 11.8 Å². The van der Waals surface area contributed by atoms with Gasteiger partial charge in [-0.2, -0.15) is 18.3 Å². The Morgan fingerprint density at radius 2 is 1.70 bits per heavy atom. The van der Waals surface area contributed by atoms with Crippen molar-refractivity contribution in [1.29, 1.82) is 0 Å². The highest BCUT2D eigenvalue weighted by molar-refractivity contribution is 5.84. The summed E-state index contributed by atoms with van der Waals surface area (Å²) in [4.78, 5) is 11.7. The monoisotopic (exact) mass is 378 g/mol. The second-order valence-electron chi connectivity index (χ2n) is 6.94. The second-order valence-corrected chi connectivity index (χ2v) is 6.94. The molecule has 2 aromatic carbocycles. The van der Waals surface area contributed by atoms with Gasteiger partial charge in [0.15, 0.2) is 6.61 Å². The Labute approximate surface area is 156 Å². The summed E-state index contributed by atoms with van der Waals surface area (Å²) in [5, 5.41) is 3.57. The summed E-state index contributed by atoms with van der Waals surface area (Å²) in [6, 6.07) is 12.3. The van der Waals surface area contributed by atoms with E-state index in [1.807, 2.05) is 12.1 Å². The van der Waals surface area contributed by atoms with Crippen molar-refractivity contribution >= 4 is 12.1 Å². The fourth-order valence-corrected chi connectivity index (χ4v) is 2.27. The molecule has 7 heteroatoms. The first-order valence-electron chi connectivity index (χ1n) is 8.29. The summed E-state index contributed by atoms with van der Waals surface area (Å²) in [6.07, 6.45) is -3.53. The highest BCUT2D eigenvalue weighted by Crippen LogP contribution is 2.31. The van der Waals surface area contributed by atoms with E-state index in [2.05, 4.69) is 31.3 Å². The minimum absolute atomic E-state index is 0.0112. The summed E-state index contributed by atoms with van der Waals surface area (Å²) < 4.78 is 44.0. The van der Waals surface area contributed by atoms with Gasteiger partial charge < -0.3 is 4.74 Å². The Hall–Kier alpha value is -2.83. The topological polar surface area (TPSA) is 50.7 Å². The zero-order chi connectivity index (χ0) is 20.1. The van der Waals surface area contributed by atoms with Gasteiger partial charge in [0.2, 0.25) is 0 Å². The van der Waals surface area contributed by atoms with Crippen molar-refractivity contribution in [3.05, 3.63) is 65.2 Å². The smallest absolute Gasteiger partial charge is 0.417 e. The first-order valence-corrected chi connectivity index (χ1v) is 8.29. The van der Waals surface area contributed by atoms with E-state index in [0.717, 1.165) is 17.8 Å². The fraction of sp³-hybridized carbons (Fsp3) is 0.300. The summed E-state index contributed by atoms with van der Waals surface area (Å²) in [6.45, 7) is 5.97. The summed E-state index contributed by atoms with van der Waals surface area (Å²) in [5.74, 6) is -0.0554. The first kappa shape index (κ1) is 20.5. The SMILES string of the molecule is CC(C)(C)c1ccc(OCC(=O)N/N=C/c2ccccc2C(F)(F)F)cc1. The maximum absolute atomic E-state index is 12.9. The Balaban J connectivity index is 1.89. The average molecular weight is 378 g/mol. The van der Waals surface area contributed by atoms with Crippen molar-refractivity contribution in [2.45, 2.75) is 32.4 Å². The van der Waals surface area contributed by atoms with Crippen LogP contribution in [-0.2, 0) is 16.4 Å². The Morgan fingerprint density at radius 1 is 1.07 bits per heavy atom. The Bertz CT molecular complexity index is 807. The Morgan fingerprint density at radius 3 is 2.30 bits per heavy atom. The van der Waals surface area contributed by atoms with Crippen LogP contribution in [0.25, 0.3) is 0 Å². The number of benzene rings is 2. The maximum atomic E-state index is 12.9. The first-order chi connectivity index (χ1) is 12.6. The van der Waals surface area contributed by atoms with Crippen LogP contribution in [0.1, 0.15) is 37.5 Å². The standard InChI is InChI=1S/C20H21F3N2O2/c1-19(2,3)15-8-10-16(11-9-15)27-13-18(26)25-24-12-14-6-4-5-7-17(14)20(21,22)23/h4-12H,13H2,1-3H3,(H,25,26)/b24-12+. The van der Waals surface area contributed by atoms with Crippen LogP contribution in [0.2, 0.25) is 0 Å². The van der Waals surface area contributed by atoms with Gasteiger partial charge in [-0.15, -0.1) is 0 Å². The van der Waals surface area contributed by atoms with Crippen LogP contribution in [0, 0.1) is 0 Å². The van der Waals surface area contributed by atoms with E-state index in [4.69, 9.17) is 4.74 Å². The molecule has 4 nitrogen and oxygen atoms in total. The van der Waals surface area contributed by atoms with Crippen molar-refractivity contribution in [3.8, 4) is 5.75 Å². The minimum Gasteiger partial charge on any atom is -0.484 e. The molecular weight excluding hydrogens is 357 g/mol. The molecule has 0 aliphatic heterocycles. The minimum atomic E-state index is -4.49. The third kappa shape index (κ3) is 6.13. The van der Waals surface area contributed by atoms with Gasteiger partial charge in [-0.05, 0) is 29.2 Å². The predicted molar refractivity (Wildman–Crippen MR) is 97.8 cm³/mol. The van der Waals surface area contributed by atoms with E-state index in [0.29, 0.717) is 5.75 Å². The van der Waals surface area contributed by atoms with Crippen LogP contribution < -0.4 is 10.2 Å². The molecule has 2 aromatic rings. The molecule has 1 amide bonds. The van der Waals surface area contributed by atoms with Gasteiger partial charge in [0.25, 0.3) is 5.91 Å². The largest absolute Gasteiger partial charge is 0.484 e. The number of carbonyl (C=O) groups excluding carboxylic acids is 1. The third-order valence-electron chi connectivity index (χ3n) is 3.75. The van der Waals surface area contributed by atoms with Gasteiger partial charge in [-0.1, -0.05) is 51.1 Å². The lowest BCUT2D eigenvalue weighted by atomic mass is 9.87. The number of ether oxygens (including phenoxy) is 1. The molecule has 2 rings (SSSR count). The molecule has 0 heterocycles. The summed E-state index contributed by atoms with van der Waals surface area (Å²) in [7, 11) is 0. The van der Waals surface area contributed by atoms with Crippen molar-refractivity contribution in [3.63, 3.8) is 0 Å². The predicted octanol–water partition coefficient (Wildman–Crippen LogP) is 4.53. The van der Waals surface area contributed by atoms with E-state index < -0.39 is 17.6 Å². The molecule has 0 radical (unpaired) electrons. The number of nitrogens with one attached hydrogen (secondary N) is 1. The van der Waals surface area contributed by atoms with E-state index in [9.17, 15) is 18.0 Å². The number of alkyl halides is 3. The number of amides is 1. The third-order valence-corrected chi connectivity index (χ3v) is 3.75. The van der Waals surface area contributed by atoms with Gasteiger partial charge in [0.1, 0.15) is 5.75 Å². The van der Waals surface area contributed by atoms with Crippen LogP contribution in [0.15, 0.2) is 53.6 Å². The number of carbonyl (C=O) groups is 1. The lowest BCUT2D eigenvalue weighted by Gasteiger charge is -2.19. The molecule has 0 aliphatic carbocycles. The fourth-order valence-electron chi connectivity index (χ4n) is 2.27. The molecule has 0 spiro atoms. The average Bonchev–Trinajstić information content (AvgIpc) is 2.59. The van der Waals surface area contributed by atoms with Gasteiger partial charge >= 0.3 is 6.18 Å². The maximum Gasteiger partial charge on any atom is 0.417 e. The molecule has 0 unspecified atom stereocenters. The number of hydrogen-bond acceptors (Lipinski definition) is 3. The van der Waals surface area contributed by atoms with E-state index in [1.54, 1.807) is 12.1 Å². The van der Waals surface area contributed by atoms with Crippen molar-refractivity contribution < 1.29 is 22.7 Å². The van der Waals surface area contributed by atoms with Crippen LogP contribution in [0.3, 0.4) is 0 Å². The van der Waals surface area contributed by atoms with Crippen molar-refractivity contribution in [1.82, 2.24) is 5.43 Å². The highest BCUT2D eigenvalue weighted by atomic mass is 19.4. The lowest BCUT2D eigenvalue weighted by Crippen LogP contribution is -2.24. The zero-order valence-electron chi connectivity index (χ0n) is 15.3. The number of hydrazone groups is 1. The molecule has 0 fully saturated rings. The normalized spacial score (nSPS) is 12.2. The van der Waals surface area contributed by atoms with Crippen LogP contribution in [0.4, 0.5) is 13.2 Å². The molecule has 0 saturated heterocycles. The molecule has 27 heavy (non-hydrogen) atoms. The number of hydrogen-bond donors (Lipinski definition) is 1. The summed E-state index contributed by atoms with van der Waals surface area (Å²) in [5.41, 5.74) is 2.34. The van der Waals surface area contributed by atoms with Crippen molar-refractivity contribution in [2.24, 2.45) is 5.10 Å². The number of rotatable bonds is 5. The molecule has 0 bridgehead atoms. The van der Waals surface area contributed by atoms with Crippen molar-refractivity contribution in [2.75, 3.05) is 6.61 Å².